The van der Waals surface area contributed by atoms with Crippen LogP contribution in [0.25, 0.3) is 11.4 Å². The second-order valence-electron chi connectivity index (χ2n) is 5.34. The van der Waals surface area contributed by atoms with E-state index < -0.39 is 17.7 Å². The summed E-state index contributed by atoms with van der Waals surface area (Å²) in [5.41, 5.74) is 0.603. The summed E-state index contributed by atoms with van der Waals surface area (Å²) in [5, 5.41) is 12.2. The number of alkyl halides is 3. The number of nitrogens with zero attached hydrogens (tertiary/aromatic N) is 2. The number of hydrogen-bond donors (Lipinski definition) is 2. The van der Waals surface area contributed by atoms with Crippen LogP contribution in [0, 0.1) is 0 Å². The number of halogens is 3. The Morgan fingerprint density at radius 3 is 2.23 bits per heavy atom. The SMILES string of the molecule is O=C(O)c1ccc(Nc2ccc(C(F)(F)F)cc2)c(-c2ncccn2)c1. The molecule has 3 rings (SSSR count). The highest BCUT2D eigenvalue weighted by atomic mass is 19.4. The summed E-state index contributed by atoms with van der Waals surface area (Å²) >= 11 is 0. The summed E-state index contributed by atoms with van der Waals surface area (Å²) in [6, 6.07) is 10.5. The van der Waals surface area contributed by atoms with Crippen molar-refractivity contribution >= 4 is 17.3 Å². The number of benzene rings is 2. The molecule has 1 aromatic heterocycles. The summed E-state index contributed by atoms with van der Waals surface area (Å²) in [4.78, 5) is 19.4. The van der Waals surface area contributed by atoms with Crippen LogP contribution < -0.4 is 5.32 Å². The Morgan fingerprint density at radius 2 is 1.65 bits per heavy atom. The van der Waals surface area contributed by atoms with Crippen LogP contribution in [-0.4, -0.2) is 21.0 Å². The van der Waals surface area contributed by atoms with Crippen molar-refractivity contribution in [2.24, 2.45) is 0 Å². The number of rotatable bonds is 4. The van der Waals surface area contributed by atoms with E-state index in [1.807, 2.05) is 0 Å². The van der Waals surface area contributed by atoms with Crippen LogP contribution in [0.3, 0.4) is 0 Å². The monoisotopic (exact) mass is 359 g/mol. The highest BCUT2D eigenvalue weighted by molar-refractivity contribution is 5.91. The van der Waals surface area contributed by atoms with Gasteiger partial charge in [-0.2, -0.15) is 13.2 Å². The molecule has 0 aliphatic carbocycles. The van der Waals surface area contributed by atoms with E-state index in [-0.39, 0.29) is 5.56 Å². The molecule has 0 aliphatic rings. The third-order valence-corrected chi connectivity index (χ3v) is 3.56. The summed E-state index contributed by atoms with van der Waals surface area (Å²) in [6.45, 7) is 0. The molecule has 0 amide bonds. The quantitative estimate of drug-likeness (QED) is 0.712. The molecular weight excluding hydrogens is 347 g/mol. The second-order valence-corrected chi connectivity index (χ2v) is 5.34. The van der Waals surface area contributed by atoms with Gasteiger partial charge in [0.15, 0.2) is 5.82 Å². The van der Waals surface area contributed by atoms with Gasteiger partial charge in [0.25, 0.3) is 0 Å². The standard InChI is InChI=1S/C18H12F3N3O2/c19-18(20,21)12-3-5-13(6-4-12)24-15-7-2-11(17(25)26)10-14(15)16-22-8-1-9-23-16/h1-10,24H,(H,25,26). The molecule has 0 fully saturated rings. The first-order chi connectivity index (χ1) is 12.3. The highest BCUT2D eigenvalue weighted by Gasteiger charge is 2.29. The zero-order valence-corrected chi connectivity index (χ0v) is 13.2. The minimum absolute atomic E-state index is 0.0467. The van der Waals surface area contributed by atoms with Gasteiger partial charge in [0.05, 0.1) is 11.1 Å². The van der Waals surface area contributed by atoms with Crippen LogP contribution in [0.4, 0.5) is 24.5 Å². The maximum Gasteiger partial charge on any atom is 0.416 e. The molecule has 0 radical (unpaired) electrons. The van der Waals surface area contributed by atoms with Gasteiger partial charge in [-0.25, -0.2) is 14.8 Å². The van der Waals surface area contributed by atoms with Crippen LogP contribution in [0.5, 0.6) is 0 Å². The lowest BCUT2D eigenvalue weighted by atomic mass is 10.1. The van der Waals surface area contributed by atoms with Crippen LogP contribution in [-0.2, 0) is 6.18 Å². The molecule has 26 heavy (non-hydrogen) atoms. The minimum atomic E-state index is -4.41. The van der Waals surface area contributed by atoms with Gasteiger partial charge in [0, 0.05) is 29.3 Å². The molecule has 0 saturated carbocycles. The van der Waals surface area contributed by atoms with E-state index in [2.05, 4.69) is 15.3 Å². The maximum absolute atomic E-state index is 12.7. The normalized spacial score (nSPS) is 11.2. The largest absolute Gasteiger partial charge is 0.478 e. The summed E-state index contributed by atoms with van der Waals surface area (Å²) in [6.07, 6.45) is -1.39. The number of nitrogens with one attached hydrogen (secondary N) is 1. The summed E-state index contributed by atoms with van der Waals surface area (Å²) in [7, 11) is 0. The third kappa shape index (κ3) is 3.80. The first-order valence-corrected chi connectivity index (χ1v) is 7.43. The van der Waals surface area contributed by atoms with Crippen molar-refractivity contribution in [3.05, 3.63) is 72.1 Å². The maximum atomic E-state index is 12.7. The van der Waals surface area contributed by atoms with E-state index in [9.17, 15) is 23.1 Å². The van der Waals surface area contributed by atoms with Gasteiger partial charge in [-0.1, -0.05) is 0 Å². The first kappa shape index (κ1) is 17.4. The van der Waals surface area contributed by atoms with E-state index in [4.69, 9.17) is 0 Å². The molecule has 0 unspecified atom stereocenters. The molecule has 8 heteroatoms. The molecule has 0 bridgehead atoms. The Bertz CT molecular complexity index is 927. The Hall–Kier alpha value is -3.42. The fraction of sp³-hybridized carbons (Fsp3) is 0.0556. The van der Waals surface area contributed by atoms with E-state index in [0.717, 1.165) is 12.1 Å². The number of aromatic carboxylic acids is 1. The van der Waals surface area contributed by atoms with Crippen molar-refractivity contribution in [3.8, 4) is 11.4 Å². The van der Waals surface area contributed by atoms with Crippen LogP contribution >= 0.6 is 0 Å². The molecule has 5 nitrogen and oxygen atoms in total. The van der Waals surface area contributed by atoms with Crippen molar-refractivity contribution < 1.29 is 23.1 Å². The van der Waals surface area contributed by atoms with Gasteiger partial charge in [-0.3, -0.25) is 0 Å². The van der Waals surface area contributed by atoms with Gasteiger partial charge in [0.2, 0.25) is 0 Å². The van der Waals surface area contributed by atoms with Crippen LogP contribution in [0.15, 0.2) is 60.9 Å². The van der Waals surface area contributed by atoms with Crippen molar-refractivity contribution in [1.82, 2.24) is 9.97 Å². The predicted molar refractivity (Wildman–Crippen MR) is 89.2 cm³/mol. The van der Waals surface area contributed by atoms with Crippen molar-refractivity contribution in [2.75, 3.05) is 5.32 Å². The van der Waals surface area contributed by atoms with Gasteiger partial charge in [0.1, 0.15) is 0 Å². The first-order valence-electron chi connectivity index (χ1n) is 7.43. The molecule has 3 aromatic rings. The lowest BCUT2D eigenvalue weighted by Gasteiger charge is -2.13. The highest BCUT2D eigenvalue weighted by Crippen LogP contribution is 2.32. The van der Waals surface area contributed by atoms with Crippen LogP contribution in [0.1, 0.15) is 15.9 Å². The van der Waals surface area contributed by atoms with Crippen LogP contribution in [0.2, 0.25) is 0 Å². The molecule has 0 saturated heterocycles. The number of hydrogen-bond acceptors (Lipinski definition) is 4. The van der Waals surface area contributed by atoms with Gasteiger partial charge in [-0.05, 0) is 48.5 Å². The Morgan fingerprint density at radius 1 is 1.00 bits per heavy atom. The van der Waals surface area contributed by atoms with Crippen molar-refractivity contribution in [1.29, 1.82) is 0 Å². The summed E-state index contributed by atoms with van der Waals surface area (Å²) in [5.74, 6) is -0.812. The lowest BCUT2D eigenvalue weighted by Crippen LogP contribution is -2.05. The zero-order valence-electron chi connectivity index (χ0n) is 13.2. The fourth-order valence-corrected chi connectivity index (χ4v) is 2.31. The average molecular weight is 359 g/mol. The number of carboxylic acid groups (broad SMARTS) is 1. The second kappa shape index (κ2) is 6.83. The Kier molecular flexibility index (Phi) is 4.57. The molecule has 1 heterocycles. The van der Waals surface area contributed by atoms with E-state index in [1.54, 1.807) is 6.07 Å². The van der Waals surface area contributed by atoms with Crippen molar-refractivity contribution in [2.45, 2.75) is 6.18 Å². The molecule has 2 N–H and O–H groups in total. The van der Waals surface area contributed by atoms with Crippen molar-refractivity contribution in [3.63, 3.8) is 0 Å². The molecule has 0 aliphatic heterocycles. The van der Waals surface area contributed by atoms with E-state index in [0.29, 0.717) is 22.8 Å². The number of carbonyl (C=O) groups is 1. The van der Waals surface area contributed by atoms with E-state index in [1.165, 1.54) is 42.7 Å². The summed E-state index contributed by atoms with van der Waals surface area (Å²) < 4.78 is 38.0. The smallest absolute Gasteiger partial charge is 0.416 e. The number of aromatic nitrogens is 2. The van der Waals surface area contributed by atoms with Gasteiger partial charge >= 0.3 is 12.1 Å². The average Bonchev–Trinajstić information content (AvgIpc) is 2.62. The molecule has 0 atom stereocenters. The lowest BCUT2D eigenvalue weighted by molar-refractivity contribution is -0.137. The Labute approximate surface area is 146 Å². The number of anilines is 2. The molecule has 2 aromatic carbocycles. The molecule has 132 valence electrons. The molecular formula is C18H12F3N3O2. The molecule has 0 spiro atoms. The zero-order chi connectivity index (χ0) is 18.7. The fourth-order valence-electron chi connectivity index (χ4n) is 2.31. The third-order valence-electron chi connectivity index (χ3n) is 3.56. The number of carboxylic acids is 1. The van der Waals surface area contributed by atoms with Gasteiger partial charge < -0.3 is 10.4 Å². The van der Waals surface area contributed by atoms with E-state index >= 15 is 0 Å². The Balaban J connectivity index is 1.98. The topological polar surface area (TPSA) is 75.1 Å². The van der Waals surface area contributed by atoms with Gasteiger partial charge in [-0.15, -0.1) is 0 Å². The minimum Gasteiger partial charge on any atom is -0.478 e. The predicted octanol–water partition coefficient (Wildman–Crippen LogP) is 4.60.